The molecule has 86 valence electrons. The number of aromatic nitrogens is 2. The largest absolute Gasteiger partial charge is 0.467 e. The Morgan fingerprint density at radius 3 is 3.29 bits per heavy atom. The van der Waals surface area contributed by atoms with Crippen LogP contribution in [0.25, 0.3) is 4.96 Å². The number of carbonyl (C=O) groups excluding carboxylic acids is 1. The van der Waals surface area contributed by atoms with Crippen LogP contribution in [-0.2, 0) is 6.54 Å². The molecule has 0 radical (unpaired) electrons. The Morgan fingerprint density at radius 2 is 2.53 bits per heavy atom. The molecule has 0 saturated carbocycles. The van der Waals surface area contributed by atoms with Gasteiger partial charge in [0.05, 0.1) is 12.8 Å². The summed E-state index contributed by atoms with van der Waals surface area (Å²) in [6.45, 7) is 0.372. The summed E-state index contributed by atoms with van der Waals surface area (Å²) < 4.78 is 6.95. The Labute approximate surface area is 101 Å². The quantitative estimate of drug-likeness (QED) is 0.769. The number of amides is 1. The van der Waals surface area contributed by atoms with Crippen LogP contribution in [0.15, 0.2) is 40.6 Å². The molecule has 0 atom stereocenters. The minimum absolute atomic E-state index is 0.197. The van der Waals surface area contributed by atoms with Crippen LogP contribution in [0.3, 0.4) is 0 Å². The number of rotatable bonds is 3. The molecule has 0 unspecified atom stereocenters. The molecule has 3 rings (SSSR count). The third-order valence-electron chi connectivity index (χ3n) is 2.33. The van der Waals surface area contributed by atoms with Crippen molar-refractivity contribution in [2.24, 2.45) is 0 Å². The first-order valence-electron chi connectivity index (χ1n) is 5.06. The Morgan fingerprint density at radius 1 is 1.59 bits per heavy atom. The third kappa shape index (κ3) is 1.94. The SMILES string of the molecule is O=C(NCc1ccco1)c1cn2ccsc2n1. The Balaban J connectivity index is 1.72. The van der Waals surface area contributed by atoms with Gasteiger partial charge in [-0.15, -0.1) is 11.3 Å². The van der Waals surface area contributed by atoms with E-state index in [1.54, 1.807) is 18.5 Å². The smallest absolute Gasteiger partial charge is 0.271 e. The lowest BCUT2D eigenvalue weighted by atomic mass is 10.4. The number of fused-ring (bicyclic) bond motifs is 1. The van der Waals surface area contributed by atoms with Gasteiger partial charge in [0, 0.05) is 17.8 Å². The van der Waals surface area contributed by atoms with Gasteiger partial charge < -0.3 is 9.73 Å². The second kappa shape index (κ2) is 4.06. The van der Waals surface area contributed by atoms with Crippen molar-refractivity contribution in [2.75, 3.05) is 0 Å². The summed E-state index contributed by atoms with van der Waals surface area (Å²) in [5, 5.41) is 4.67. The van der Waals surface area contributed by atoms with Gasteiger partial charge in [-0.05, 0) is 12.1 Å². The van der Waals surface area contributed by atoms with Gasteiger partial charge in [0.15, 0.2) is 4.96 Å². The average Bonchev–Trinajstić information content (AvgIpc) is 3.01. The van der Waals surface area contributed by atoms with Gasteiger partial charge in [-0.2, -0.15) is 0 Å². The zero-order chi connectivity index (χ0) is 11.7. The van der Waals surface area contributed by atoms with Crippen molar-refractivity contribution >= 4 is 22.2 Å². The fourth-order valence-electron chi connectivity index (χ4n) is 1.51. The van der Waals surface area contributed by atoms with Crippen LogP contribution in [0.4, 0.5) is 0 Å². The van der Waals surface area contributed by atoms with Crippen LogP contribution in [0.5, 0.6) is 0 Å². The number of hydrogen-bond donors (Lipinski definition) is 1. The third-order valence-corrected chi connectivity index (χ3v) is 3.10. The number of furan rings is 1. The van der Waals surface area contributed by atoms with E-state index >= 15 is 0 Å². The molecule has 0 aliphatic rings. The summed E-state index contributed by atoms with van der Waals surface area (Å²) in [6, 6.07) is 3.60. The molecule has 0 aromatic carbocycles. The zero-order valence-corrected chi connectivity index (χ0v) is 9.61. The summed E-state index contributed by atoms with van der Waals surface area (Å²) in [7, 11) is 0. The standard InChI is InChI=1S/C11H9N3O2S/c15-10(12-6-8-2-1-4-16-8)9-7-14-3-5-17-11(14)13-9/h1-5,7H,6H2,(H,12,15). The number of hydrogen-bond acceptors (Lipinski definition) is 4. The minimum atomic E-state index is -0.197. The molecule has 5 nitrogen and oxygen atoms in total. The molecule has 0 spiro atoms. The highest BCUT2D eigenvalue weighted by molar-refractivity contribution is 7.15. The summed E-state index contributed by atoms with van der Waals surface area (Å²) in [5.74, 6) is 0.525. The van der Waals surface area contributed by atoms with E-state index < -0.39 is 0 Å². The van der Waals surface area contributed by atoms with E-state index in [4.69, 9.17) is 4.42 Å². The molecule has 0 aliphatic heterocycles. The maximum absolute atomic E-state index is 11.8. The van der Waals surface area contributed by atoms with Gasteiger partial charge in [-0.3, -0.25) is 9.20 Å². The number of carbonyl (C=O) groups is 1. The zero-order valence-electron chi connectivity index (χ0n) is 8.79. The first-order valence-corrected chi connectivity index (χ1v) is 5.94. The lowest BCUT2D eigenvalue weighted by Gasteiger charge is -1.99. The molecule has 1 N–H and O–H groups in total. The Hall–Kier alpha value is -2.08. The van der Waals surface area contributed by atoms with E-state index in [9.17, 15) is 4.79 Å². The van der Waals surface area contributed by atoms with Crippen molar-refractivity contribution in [3.05, 3.63) is 47.6 Å². The van der Waals surface area contributed by atoms with Crippen molar-refractivity contribution in [1.82, 2.24) is 14.7 Å². The molecule has 0 bridgehead atoms. The fourth-order valence-corrected chi connectivity index (χ4v) is 2.21. The summed E-state index contributed by atoms with van der Waals surface area (Å²) in [5.41, 5.74) is 0.420. The van der Waals surface area contributed by atoms with E-state index in [1.807, 2.05) is 22.0 Å². The first-order chi connectivity index (χ1) is 8.33. The number of imidazole rings is 1. The van der Waals surface area contributed by atoms with Gasteiger partial charge >= 0.3 is 0 Å². The summed E-state index contributed by atoms with van der Waals surface area (Å²) in [6.07, 6.45) is 5.16. The van der Waals surface area contributed by atoms with Gasteiger partial charge in [-0.25, -0.2) is 4.98 Å². The highest BCUT2D eigenvalue weighted by Gasteiger charge is 2.11. The number of nitrogens with zero attached hydrogens (tertiary/aromatic N) is 2. The molecule has 1 amide bonds. The Kier molecular flexibility index (Phi) is 2.41. The van der Waals surface area contributed by atoms with Crippen molar-refractivity contribution in [3.8, 4) is 0 Å². The van der Waals surface area contributed by atoms with Crippen LogP contribution in [0.2, 0.25) is 0 Å². The van der Waals surface area contributed by atoms with E-state index in [0.717, 1.165) is 10.7 Å². The van der Waals surface area contributed by atoms with Crippen LogP contribution in [0, 0.1) is 0 Å². The highest BCUT2D eigenvalue weighted by atomic mass is 32.1. The lowest BCUT2D eigenvalue weighted by Crippen LogP contribution is -2.22. The number of nitrogens with one attached hydrogen (secondary N) is 1. The maximum atomic E-state index is 11.8. The molecule has 17 heavy (non-hydrogen) atoms. The summed E-state index contributed by atoms with van der Waals surface area (Å²) in [4.78, 5) is 16.8. The van der Waals surface area contributed by atoms with Crippen molar-refractivity contribution < 1.29 is 9.21 Å². The minimum Gasteiger partial charge on any atom is -0.467 e. The van der Waals surface area contributed by atoms with E-state index in [0.29, 0.717) is 12.2 Å². The molecule has 0 saturated heterocycles. The highest BCUT2D eigenvalue weighted by Crippen LogP contribution is 2.11. The Bertz CT molecular complexity index is 610. The number of thiazole rings is 1. The lowest BCUT2D eigenvalue weighted by molar-refractivity contribution is 0.0943. The molecule has 3 heterocycles. The van der Waals surface area contributed by atoms with E-state index in [-0.39, 0.29) is 5.91 Å². The van der Waals surface area contributed by atoms with E-state index in [2.05, 4.69) is 10.3 Å². The average molecular weight is 247 g/mol. The van der Waals surface area contributed by atoms with Crippen molar-refractivity contribution in [2.45, 2.75) is 6.54 Å². The van der Waals surface area contributed by atoms with Crippen molar-refractivity contribution in [3.63, 3.8) is 0 Å². The first kappa shape index (κ1) is 10.1. The van der Waals surface area contributed by atoms with Crippen LogP contribution < -0.4 is 5.32 Å². The van der Waals surface area contributed by atoms with Gasteiger partial charge in [0.2, 0.25) is 0 Å². The van der Waals surface area contributed by atoms with Gasteiger partial charge in [0.1, 0.15) is 11.5 Å². The molecule has 6 heteroatoms. The molecule has 3 aromatic rings. The molecule has 0 fully saturated rings. The van der Waals surface area contributed by atoms with Gasteiger partial charge in [0.25, 0.3) is 5.91 Å². The normalized spacial score (nSPS) is 10.8. The summed E-state index contributed by atoms with van der Waals surface area (Å²) >= 11 is 1.49. The molecular weight excluding hydrogens is 238 g/mol. The van der Waals surface area contributed by atoms with Crippen LogP contribution in [-0.4, -0.2) is 15.3 Å². The maximum Gasteiger partial charge on any atom is 0.271 e. The van der Waals surface area contributed by atoms with E-state index in [1.165, 1.54) is 11.3 Å². The predicted octanol–water partition coefficient (Wildman–Crippen LogP) is 1.92. The monoisotopic (exact) mass is 247 g/mol. The fraction of sp³-hybridized carbons (Fsp3) is 0.0909. The molecular formula is C11H9N3O2S. The van der Waals surface area contributed by atoms with Crippen molar-refractivity contribution in [1.29, 1.82) is 0 Å². The molecule has 3 aromatic heterocycles. The topological polar surface area (TPSA) is 59.5 Å². The molecule has 0 aliphatic carbocycles. The second-order valence-corrected chi connectivity index (χ2v) is 4.35. The van der Waals surface area contributed by atoms with Crippen LogP contribution in [0.1, 0.15) is 16.2 Å². The van der Waals surface area contributed by atoms with Gasteiger partial charge in [-0.1, -0.05) is 0 Å². The van der Waals surface area contributed by atoms with Crippen LogP contribution >= 0.6 is 11.3 Å². The predicted molar refractivity (Wildman–Crippen MR) is 62.9 cm³/mol. The second-order valence-electron chi connectivity index (χ2n) is 3.48.